The van der Waals surface area contributed by atoms with Gasteiger partial charge in [0.15, 0.2) is 0 Å². The standard InChI is InChI=1S/C13H25NO3/c1-13(2,3)11(14(4)5)12(15)17-9-10-7-6-8-16-10/h10-11H,6-9H2,1-5H3. The Hall–Kier alpha value is -0.610. The molecule has 0 bridgehead atoms. The molecule has 1 rings (SSSR count). The Morgan fingerprint density at radius 3 is 2.53 bits per heavy atom. The second-order valence-electron chi connectivity index (χ2n) is 6.00. The molecule has 0 aromatic rings. The second-order valence-corrected chi connectivity index (χ2v) is 6.00. The first-order valence-corrected chi connectivity index (χ1v) is 6.27. The summed E-state index contributed by atoms with van der Waals surface area (Å²) < 4.78 is 10.8. The summed E-state index contributed by atoms with van der Waals surface area (Å²) in [7, 11) is 3.81. The predicted octanol–water partition coefficient (Wildman–Crippen LogP) is 1.68. The van der Waals surface area contributed by atoms with E-state index in [1.54, 1.807) is 0 Å². The molecule has 2 atom stereocenters. The van der Waals surface area contributed by atoms with E-state index in [0.717, 1.165) is 19.4 Å². The molecule has 100 valence electrons. The molecular formula is C13H25NO3. The van der Waals surface area contributed by atoms with E-state index < -0.39 is 0 Å². The van der Waals surface area contributed by atoms with Crippen molar-refractivity contribution in [2.75, 3.05) is 27.3 Å². The molecule has 2 unspecified atom stereocenters. The molecule has 0 spiro atoms. The molecular weight excluding hydrogens is 218 g/mol. The van der Waals surface area contributed by atoms with Crippen LogP contribution < -0.4 is 0 Å². The van der Waals surface area contributed by atoms with Crippen LogP contribution in [0.3, 0.4) is 0 Å². The van der Waals surface area contributed by atoms with Crippen LogP contribution in [0.5, 0.6) is 0 Å². The zero-order chi connectivity index (χ0) is 13.1. The lowest BCUT2D eigenvalue weighted by atomic mass is 9.86. The molecule has 17 heavy (non-hydrogen) atoms. The van der Waals surface area contributed by atoms with E-state index in [4.69, 9.17) is 9.47 Å². The number of esters is 1. The van der Waals surface area contributed by atoms with Crippen LogP contribution in [0.25, 0.3) is 0 Å². The van der Waals surface area contributed by atoms with Gasteiger partial charge in [-0.25, -0.2) is 0 Å². The van der Waals surface area contributed by atoms with Crippen molar-refractivity contribution in [2.45, 2.75) is 45.8 Å². The minimum absolute atomic E-state index is 0.0988. The molecule has 1 fully saturated rings. The van der Waals surface area contributed by atoms with Crippen molar-refractivity contribution in [3.63, 3.8) is 0 Å². The first kappa shape index (κ1) is 14.5. The van der Waals surface area contributed by atoms with Crippen molar-refractivity contribution in [2.24, 2.45) is 5.41 Å². The molecule has 0 amide bonds. The van der Waals surface area contributed by atoms with E-state index in [1.807, 2.05) is 39.8 Å². The van der Waals surface area contributed by atoms with Gasteiger partial charge in [-0.05, 0) is 32.4 Å². The predicted molar refractivity (Wildman–Crippen MR) is 66.9 cm³/mol. The first-order valence-electron chi connectivity index (χ1n) is 6.27. The normalized spacial score (nSPS) is 22.8. The van der Waals surface area contributed by atoms with E-state index in [9.17, 15) is 4.79 Å². The molecule has 0 N–H and O–H groups in total. The lowest BCUT2D eigenvalue weighted by Gasteiger charge is -2.33. The van der Waals surface area contributed by atoms with Gasteiger partial charge in [0.1, 0.15) is 12.6 Å². The second kappa shape index (κ2) is 5.83. The summed E-state index contributed by atoms with van der Waals surface area (Å²) in [5.41, 5.74) is -0.128. The number of likely N-dealkylation sites (N-methyl/N-ethyl adjacent to an activating group) is 1. The zero-order valence-corrected chi connectivity index (χ0v) is 11.7. The quantitative estimate of drug-likeness (QED) is 0.704. The SMILES string of the molecule is CN(C)C(C(=O)OCC1CCCO1)C(C)(C)C. The Bertz CT molecular complexity index is 252. The summed E-state index contributed by atoms with van der Waals surface area (Å²) in [5, 5.41) is 0. The maximum Gasteiger partial charge on any atom is 0.323 e. The highest BCUT2D eigenvalue weighted by Crippen LogP contribution is 2.24. The number of nitrogens with zero attached hydrogens (tertiary/aromatic N) is 1. The maximum atomic E-state index is 12.1. The first-order chi connectivity index (χ1) is 7.82. The molecule has 4 heteroatoms. The Morgan fingerprint density at radius 2 is 2.12 bits per heavy atom. The van der Waals surface area contributed by atoms with Gasteiger partial charge in [0.25, 0.3) is 0 Å². The fraction of sp³-hybridized carbons (Fsp3) is 0.923. The fourth-order valence-electron chi connectivity index (χ4n) is 2.37. The molecule has 1 heterocycles. The van der Waals surface area contributed by atoms with Crippen LogP contribution in [0, 0.1) is 5.41 Å². The van der Waals surface area contributed by atoms with Crippen LogP contribution in [0.1, 0.15) is 33.6 Å². The van der Waals surface area contributed by atoms with Gasteiger partial charge in [0.05, 0.1) is 6.10 Å². The lowest BCUT2D eigenvalue weighted by molar-refractivity contribution is -0.156. The number of ether oxygens (including phenoxy) is 2. The number of rotatable bonds is 4. The molecule has 1 saturated heterocycles. The molecule has 4 nitrogen and oxygen atoms in total. The van der Waals surface area contributed by atoms with Crippen molar-refractivity contribution < 1.29 is 14.3 Å². The van der Waals surface area contributed by atoms with E-state index in [-0.39, 0.29) is 23.5 Å². The third-order valence-electron chi connectivity index (χ3n) is 3.00. The van der Waals surface area contributed by atoms with E-state index >= 15 is 0 Å². The monoisotopic (exact) mass is 243 g/mol. The van der Waals surface area contributed by atoms with Crippen molar-refractivity contribution >= 4 is 5.97 Å². The van der Waals surface area contributed by atoms with Crippen molar-refractivity contribution in [1.29, 1.82) is 0 Å². The number of hydrogen-bond acceptors (Lipinski definition) is 4. The van der Waals surface area contributed by atoms with Crippen molar-refractivity contribution in [3.05, 3.63) is 0 Å². The zero-order valence-electron chi connectivity index (χ0n) is 11.7. The van der Waals surface area contributed by atoms with Crippen LogP contribution in [0.15, 0.2) is 0 Å². The topological polar surface area (TPSA) is 38.8 Å². The summed E-state index contributed by atoms with van der Waals surface area (Å²) in [6, 6.07) is -0.219. The number of hydrogen-bond donors (Lipinski definition) is 0. The minimum Gasteiger partial charge on any atom is -0.462 e. The van der Waals surface area contributed by atoms with Crippen LogP contribution in [0.4, 0.5) is 0 Å². The molecule has 1 aliphatic heterocycles. The van der Waals surface area contributed by atoms with Gasteiger partial charge in [-0.2, -0.15) is 0 Å². The summed E-state index contributed by atoms with van der Waals surface area (Å²) >= 11 is 0. The maximum absolute atomic E-state index is 12.1. The molecule has 0 radical (unpaired) electrons. The highest BCUT2D eigenvalue weighted by molar-refractivity contribution is 5.76. The highest BCUT2D eigenvalue weighted by atomic mass is 16.6. The molecule has 0 aromatic carbocycles. The van der Waals surface area contributed by atoms with Crippen LogP contribution in [-0.4, -0.2) is 50.3 Å². The summed E-state index contributed by atoms with van der Waals surface area (Å²) in [6.07, 6.45) is 2.16. The molecule has 0 aromatic heterocycles. The van der Waals surface area contributed by atoms with E-state index in [1.165, 1.54) is 0 Å². The molecule has 0 saturated carbocycles. The van der Waals surface area contributed by atoms with Gasteiger partial charge in [-0.3, -0.25) is 9.69 Å². The van der Waals surface area contributed by atoms with Gasteiger partial charge in [-0.15, -0.1) is 0 Å². The molecule has 1 aliphatic rings. The summed E-state index contributed by atoms with van der Waals surface area (Å²) in [5.74, 6) is -0.155. The fourth-order valence-corrected chi connectivity index (χ4v) is 2.37. The van der Waals surface area contributed by atoms with Gasteiger partial charge in [-0.1, -0.05) is 20.8 Å². The Labute approximate surface area is 104 Å². The summed E-state index contributed by atoms with van der Waals surface area (Å²) in [6.45, 7) is 7.32. The highest BCUT2D eigenvalue weighted by Gasteiger charge is 2.35. The van der Waals surface area contributed by atoms with Gasteiger partial charge < -0.3 is 9.47 Å². The van der Waals surface area contributed by atoms with E-state index in [2.05, 4.69) is 0 Å². The third-order valence-corrected chi connectivity index (χ3v) is 3.00. The Balaban J connectivity index is 2.48. The van der Waals surface area contributed by atoms with Crippen LogP contribution in [-0.2, 0) is 14.3 Å². The lowest BCUT2D eigenvalue weighted by Crippen LogP contribution is -2.47. The third kappa shape index (κ3) is 4.28. The number of carbonyl (C=O) groups excluding carboxylic acids is 1. The van der Waals surface area contributed by atoms with Crippen LogP contribution in [0.2, 0.25) is 0 Å². The summed E-state index contributed by atoms with van der Waals surface area (Å²) in [4.78, 5) is 14.0. The van der Waals surface area contributed by atoms with Crippen LogP contribution >= 0.6 is 0 Å². The van der Waals surface area contributed by atoms with Gasteiger partial charge >= 0.3 is 5.97 Å². The largest absolute Gasteiger partial charge is 0.462 e. The smallest absolute Gasteiger partial charge is 0.323 e. The number of carbonyl (C=O) groups is 1. The minimum atomic E-state index is -0.219. The average Bonchev–Trinajstić information content (AvgIpc) is 2.63. The van der Waals surface area contributed by atoms with Crippen molar-refractivity contribution in [3.8, 4) is 0 Å². The van der Waals surface area contributed by atoms with Gasteiger partial charge in [0, 0.05) is 6.61 Å². The Kier molecular flexibility index (Phi) is 4.95. The van der Waals surface area contributed by atoms with E-state index in [0.29, 0.717) is 6.61 Å². The van der Waals surface area contributed by atoms with Gasteiger partial charge in [0.2, 0.25) is 0 Å². The molecule has 0 aliphatic carbocycles. The average molecular weight is 243 g/mol. The van der Waals surface area contributed by atoms with Crippen molar-refractivity contribution in [1.82, 2.24) is 4.90 Å². The Morgan fingerprint density at radius 1 is 1.47 bits per heavy atom.